The molecule has 2 rings (SSSR count). The van der Waals surface area contributed by atoms with Gasteiger partial charge in [-0.3, -0.25) is 4.90 Å². The quantitative estimate of drug-likeness (QED) is 0.898. The van der Waals surface area contributed by atoms with Gasteiger partial charge in [0.2, 0.25) is 5.89 Å². The normalized spacial score (nSPS) is 17.9. The molecule has 0 atom stereocenters. The summed E-state index contributed by atoms with van der Waals surface area (Å²) in [6.45, 7) is 7.74. The fraction of sp³-hybridized carbons (Fsp3) is 0.867. The van der Waals surface area contributed by atoms with E-state index in [4.69, 9.17) is 4.52 Å². The highest BCUT2D eigenvalue weighted by Crippen LogP contribution is 2.24. The lowest BCUT2D eigenvalue weighted by molar-refractivity contribution is 0.113. The van der Waals surface area contributed by atoms with Gasteiger partial charge in [0, 0.05) is 18.0 Å². The van der Waals surface area contributed by atoms with Gasteiger partial charge in [-0.15, -0.1) is 0 Å². The Bertz CT molecular complexity index is 405. The summed E-state index contributed by atoms with van der Waals surface area (Å²) in [4.78, 5) is 6.80. The maximum atomic E-state index is 9.27. The molecule has 1 saturated carbocycles. The zero-order valence-electron chi connectivity index (χ0n) is 12.9. The molecule has 5 nitrogen and oxygen atoms in total. The first kappa shape index (κ1) is 15.4. The molecular weight excluding hydrogens is 254 g/mol. The summed E-state index contributed by atoms with van der Waals surface area (Å²) in [6.07, 6.45) is 6.33. The summed E-state index contributed by atoms with van der Waals surface area (Å²) in [5.74, 6) is 1.41. The van der Waals surface area contributed by atoms with E-state index in [2.05, 4.69) is 35.8 Å². The smallest absolute Gasteiger partial charge is 0.232 e. The van der Waals surface area contributed by atoms with Crippen LogP contribution in [0.5, 0.6) is 0 Å². The largest absolute Gasteiger partial charge is 0.395 e. The molecule has 0 saturated heterocycles. The van der Waals surface area contributed by atoms with Crippen LogP contribution < -0.4 is 0 Å². The first-order valence-corrected chi connectivity index (χ1v) is 7.68. The Morgan fingerprint density at radius 1 is 1.25 bits per heavy atom. The molecule has 0 amide bonds. The highest BCUT2D eigenvalue weighted by Gasteiger charge is 2.25. The van der Waals surface area contributed by atoms with Crippen LogP contribution in [0.4, 0.5) is 0 Å². The predicted molar refractivity (Wildman–Crippen MR) is 77.4 cm³/mol. The second kappa shape index (κ2) is 6.68. The molecule has 1 aromatic heterocycles. The number of hydrogen-bond donors (Lipinski definition) is 1. The van der Waals surface area contributed by atoms with Gasteiger partial charge >= 0.3 is 0 Å². The average Bonchev–Trinajstić information content (AvgIpc) is 2.88. The Morgan fingerprint density at radius 3 is 2.50 bits per heavy atom. The molecule has 1 N–H and O–H groups in total. The lowest BCUT2D eigenvalue weighted by Gasteiger charge is -2.32. The van der Waals surface area contributed by atoms with Gasteiger partial charge in [0.15, 0.2) is 5.82 Å². The number of nitrogens with zero attached hydrogens (tertiary/aromatic N) is 3. The second-order valence-electron chi connectivity index (χ2n) is 6.75. The van der Waals surface area contributed by atoms with Gasteiger partial charge in [-0.25, -0.2) is 0 Å². The molecule has 0 aliphatic heterocycles. The average molecular weight is 281 g/mol. The van der Waals surface area contributed by atoms with Crippen LogP contribution in [0.3, 0.4) is 0 Å². The van der Waals surface area contributed by atoms with Crippen molar-refractivity contribution in [2.24, 2.45) is 0 Å². The van der Waals surface area contributed by atoms with E-state index in [1.54, 1.807) is 0 Å². The molecule has 1 heterocycles. The van der Waals surface area contributed by atoms with E-state index < -0.39 is 0 Å². The van der Waals surface area contributed by atoms with E-state index in [-0.39, 0.29) is 12.0 Å². The molecule has 1 fully saturated rings. The van der Waals surface area contributed by atoms with Gasteiger partial charge in [0.1, 0.15) is 0 Å². The van der Waals surface area contributed by atoms with E-state index in [0.717, 1.165) is 5.82 Å². The lowest BCUT2D eigenvalue weighted by Crippen LogP contribution is -2.38. The monoisotopic (exact) mass is 281 g/mol. The van der Waals surface area contributed by atoms with E-state index >= 15 is 0 Å². The molecule has 0 bridgehead atoms. The van der Waals surface area contributed by atoms with Crippen molar-refractivity contribution in [1.29, 1.82) is 0 Å². The number of aliphatic hydroxyl groups excluding tert-OH is 1. The highest BCUT2D eigenvalue weighted by molar-refractivity contribution is 4.98. The Labute approximate surface area is 121 Å². The van der Waals surface area contributed by atoms with Crippen molar-refractivity contribution < 1.29 is 9.63 Å². The number of hydrogen-bond acceptors (Lipinski definition) is 5. The summed E-state index contributed by atoms with van der Waals surface area (Å²) in [6, 6.07) is 0.549. The van der Waals surface area contributed by atoms with Gasteiger partial charge in [-0.1, -0.05) is 45.2 Å². The van der Waals surface area contributed by atoms with Crippen molar-refractivity contribution in [3.05, 3.63) is 11.7 Å². The molecule has 0 spiro atoms. The third kappa shape index (κ3) is 4.03. The number of rotatable bonds is 5. The van der Waals surface area contributed by atoms with E-state index in [9.17, 15) is 5.11 Å². The minimum Gasteiger partial charge on any atom is -0.395 e. The minimum absolute atomic E-state index is 0.113. The first-order valence-electron chi connectivity index (χ1n) is 7.68. The Balaban J connectivity index is 2.01. The standard InChI is InChI=1S/C15H27N3O2/c1-15(2,3)14-16-13(17-20-14)11-18(9-10-19)12-7-5-4-6-8-12/h12,19H,4-11H2,1-3H3. The maximum absolute atomic E-state index is 9.27. The molecule has 1 aliphatic rings. The molecule has 1 aliphatic carbocycles. The molecule has 20 heavy (non-hydrogen) atoms. The van der Waals surface area contributed by atoms with Crippen LogP contribution in [0.15, 0.2) is 4.52 Å². The van der Waals surface area contributed by atoms with Gasteiger partial charge < -0.3 is 9.63 Å². The van der Waals surface area contributed by atoms with Crippen molar-refractivity contribution >= 4 is 0 Å². The summed E-state index contributed by atoms with van der Waals surface area (Å²) in [7, 11) is 0. The molecule has 0 unspecified atom stereocenters. The Hall–Kier alpha value is -0.940. The van der Waals surface area contributed by atoms with Crippen molar-refractivity contribution in [2.75, 3.05) is 13.2 Å². The molecular formula is C15H27N3O2. The topological polar surface area (TPSA) is 62.4 Å². The van der Waals surface area contributed by atoms with Crippen LogP contribution in [0.1, 0.15) is 64.6 Å². The van der Waals surface area contributed by atoms with Crippen LogP contribution in [0.2, 0.25) is 0 Å². The van der Waals surface area contributed by atoms with Crippen molar-refractivity contribution in [2.45, 2.75) is 70.9 Å². The Morgan fingerprint density at radius 2 is 1.95 bits per heavy atom. The zero-order chi connectivity index (χ0) is 14.6. The van der Waals surface area contributed by atoms with E-state index in [1.165, 1.54) is 32.1 Å². The van der Waals surface area contributed by atoms with Crippen LogP contribution in [0.25, 0.3) is 0 Å². The SMILES string of the molecule is CC(C)(C)c1nc(CN(CCO)C2CCCCC2)no1. The second-order valence-corrected chi connectivity index (χ2v) is 6.75. The summed E-state index contributed by atoms with van der Waals surface area (Å²) >= 11 is 0. The third-order valence-electron chi connectivity index (χ3n) is 3.93. The van der Waals surface area contributed by atoms with Crippen LogP contribution in [-0.4, -0.2) is 39.3 Å². The highest BCUT2D eigenvalue weighted by atomic mass is 16.5. The van der Waals surface area contributed by atoms with Crippen molar-refractivity contribution in [3.8, 4) is 0 Å². The van der Waals surface area contributed by atoms with E-state index in [1.807, 2.05) is 0 Å². The molecule has 0 aromatic carbocycles. The fourth-order valence-electron chi connectivity index (χ4n) is 2.77. The first-order chi connectivity index (χ1) is 9.50. The maximum Gasteiger partial charge on any atom is 0.232 e. The van der Waals surface area contributed by atoms with Crippen molar-refractivity contribution in [1.82, 2.24) is 15.0 Å². The summed E-state index contributed by atoms with van der Waals surface area (Å²) in [5.41, 5.74) is -0.113. The lowest BCUT2D eigenvalue weighted by atomic mass is 9.94. The van der Waals surface area contributed by atoms with Gasteiger partial charge in [0.25, 0.3) is 0 Å². The molecule has 1 aromatic rings. The van der Waals surface area contributed by atoms with Gasteiger partial charge in [-0.05, 0) is 12.8 Å². The summed E-state index contributed by atoms with van der Waals surface area (Å²) < 4.78 is 5.35. The van der Waals surface area contributed by atoms with Crippen LogP contribution in [-0.2, 0) is 12.0 Å². The number of aliphatic hydroxyl groups is 1. The molecule has 0 radical (unpaired) electrons. The zero-order valence-corrected chi connectivity index (χ0v) is 12.9. The summed E-state index contributed by atoms with van der Waals surface area (Å²) in [5, 5.41) is 13.4. The Kier molecular flexibility index (Phi) is 5.16. The molecule has 5 heteroatoms. The third-order valence-corrected chi connectivity index (χ3v) is 3.93. The van der Waals surface area contributed by atoms with Gasteiger partial charge in [-0.2, -0.15) is 4.98 Å². The van der Waals surface area contributed by atoms with Gasteiger partial charge in [0.05, 0.1) is 13.2 Å². The van der Waals surface area contributed by atoms with Crippen molar-refractivity contribution in [3.63, 3.8) is 0 Å². The van der Waals surface area contributed by atoms with Crippen LogP contribution in [0, 0.1) is 0 Å². The fourth-order valence-corrected chi connectivity index (χ4v) is 2.77. The van der Waals surface area contributed by atoms with E-state index in [0.29, 0.717) is 25.0 Å². The molecule has 114 valence electrons. The minimum atomic E-state index is -0.113. The van der Waals surface area contributed by atoms with Crippen LogP contribution >= 0.6 is 0 Å². The number of aromatic nitrogens is 2. The predicted octanol–water partition coefficient (Wildman–Crippen LogP) is 2.49.